The standard InChI is InChI=1S/C11H11ClN2O3/c1-16-8-4-3-7-5-13-14(6-12)11(15)9(7)10(8)17-2/h3-5H,6H2,1-2H3. The van der Waals surface area contributed by atoms with Gasteiger partial charge in [0, 0.05) is 5.39 Å². The predicted octanol–water partition coefficient (Wildman–Crippen LogP) is 1.61. The van der Waals surface area contributed by atoms with Gasteiger partial charge in [-0.1, -0.05) is 0 Å². The molecule has 0 amide bonds. The number of nitrogens with zero attached hydrogens (tertiary/aromatic N) is 2. The van der Waals surface area contributed by atoms with Crippen molar-refractivity contribution < 1.29 is 9.47 Å². The highest BCUT2D eigenvalue weighted by Crippen LogP contribution is 2.32. The Morgan fingerprint density at radius 2 is 2.12 bits per heavy atom. The Kier molecular flexibility index (Phi) is 3.19. The van der Waals surface area contributed by atoms with Crippen LogP contribution in [-0.4, -0.2) is 24.0 Å². The normalized spacial score (nSPS) is 10.5. The minimum atomic E-state index is -0.298. The van der Waals surface area contributed by atoms with Gasteiger partial charge in [-0.2, -0.15) is 5.10 Å². The van der Waals surface area contributed by atoms with Crippen molar-refractivity contribution in [1.82, 2.24) is 9.78 Å². The van der Waals surface area contributed by atoms with Crippen LogP contribution in [0.25, 0.3) is 10.8 Å². The molecular formula is C11H11ClN2O3. The minimum absolute atomic E-state index is 0.00482. The van der Waals surface area contributed by atoms with Crippen LogP contribution in [0.3, 0.4) is 0 Å². The maximum Gasteiger partial charge on any atom is 0.279 e. The number of hydrogen-bond acceptors (Lipinski definition) is 4. The van der Waals surface area contributed by atoms with E-state index in [0.29, 0.717) is 22.3 Å². The SMILES string of the molecule is COc1ccc2cnn(CCl)c(=O)c2c1OC. The molecule has 90 valence electrons. The summed E-state index contributed by atoms with van der Waals surface area (Å²) in [5.41, 5.74) is -0.298. The molecule has 0 radical (unpaired) electrons. The summed E-state index contributed by atoms with van der Waals surface area (Å²) in [6.45, 7) is 0. The molecule has 5 nitrogen and oxygen atoms in total. The Morgan fingerprint density at radius 1 is 1.35 bits per heavy atom. The van der Waals surface area contributed by atoms with E-state index >= 15 is 0 Å². The van der Waals surface area contributed by atoms with E-state index in [0.717, 1.165) is 4.68 Å². The van der Waals surface area contributed by atoms with Crippen LogP contribution in [0.4, 0.5) is 0 Å². The van der Waals surface area contributed by atoms with E-state index in [1.54, 1.807) is 18.3 Å². The van der Waals surface area contributed by atoms with Crippen LogP contribution in [0.1, 0.15) is 0 Å². The zero-order chi connectivity index (χ0) is 12.4. The molecule has 1 aromatic carbocycles. The van der Waals surface area contributed by atoms with Gasteiger partial charge in [-0.3, -0.25) is 4.79 Å². The molecule has 1 aromatic heterocycles. The van der Waals surface area contributed by atoms with Crippen molar-refractivity contribution in [1.29, 1.82) is 0 Å². The van der Waals surface area contributed by atoms with Crippen molar-refractivity contribution >= 4 is 22.4 Å². The van der Waals surface area contributed by atoms with E-state index in [4.69, 9.17) is 21.1 Å². The molecule has 1 heterocycles. The molecule has 0 aliphatic rings. The number of halogens is 1. The Hall–Kier alpha value is -1.75. The maximum absolute atomic E-state index is 12.1. The van der Waals surface area contributed by atoms with Crippen molar-refractivity contribution in [2.24, 2.45) is 0 Å². The summed E-state index contributed by atoms with van der Waals surface area (Å²) in [6, 6.07) is 3.48. The van der Waals surface area contributed by atoms with Gasteiger partial charge in [0.25, 0.3) is 5.56 Å². The minimum Gasteiger partial charge on any atom is -0.493 e. The number of methoxy groups -OCH3 is 2. The second-order valence-corrected chi connectivity index (χ2v) is 3.57. The number of ether oxygens (including phenoxy) is 2. The van der Waals surface area contributed by atoms with Crippen LogP contribution in [0, 0.1) is 0 Å². The quantitative estimate of drug-likeness (QED) is 0.781. The van der Waals surface area contributed by atoms with Crippen molar-refractivity contribution in [2.75, 3.05) is 14.2 Å². The van der Waals surface area contributed by atoms with Crippen molar-refractivity contribution in [3.8, 4) is 11.5 Å². The van der Waals surface area contributed by atoms with Gasteiger partial charge in [0.1, 0.15) is 6.00 Å². The van der Waals surface area contributed by atoms with Gasteiger partial charge < -0.3 is 9.47 Å². The number of benzene rings is 1. The third-order valence-corrected chi connectivity index (χ3v) is 2.70. The molecule has 2 rings (SSSR count). The first-order valence-electron chi connectivity index (χ1n) is 4.89. The fourth-order valence-electron chi connectivity index (χ4n) is 1.67. The van der Waals surface area contributed by atoms with Gasteiger partial charge in [0.2, 0.25) is 0 Å². The molecule has 0 aliphatic carbocycles. The summed E-state index contributed by atoms with van der Waals surface area (Å²) in [4.78, 5) is 12.1. The lowest BCUT2D eigenvalue weighted by atomic mass is 10.1. The van der Waals surface area contributed by atoms with Gasteiger partial charge in [0.05, 0.1) is 25.8 Å². The zero-order valence-corrected chi connectivity index (χ0v) is 10.2. The summed E-state index contributed by atoms with van der Waals surface area (Å²) >= 11 is 5.63. The summed E-state index contributed by atoms with van der Waals surface area (Å²) in [5.74, 6) is 0.903. The summed E-state index contributed by atoms with van der Waals surface area (Å²) in [5, 5.41) is 5.04. The highest BCUT2D eigenvalue weighted by atomic mass is 35.5. The molecule has 0 spiro atoms. The second-order valence-electron chi connectivity index (χ2n) is 3.33. The van der Waals surface area contributed by atoms with E-state index < -0.39 is 0 Å². The number of rotatable bonds is 3. The van der Waals surface area contributed by atoms with E-state index in [2.05, 4.69) is 5.10 Å². The largest absolute Gasteiger partial charge is 0.493 e. The van der Waals surface area contributed by atoms with Crippen LogP contribution >= 0.6 is 11.6 Å². The van der Waals surface area contributed by atoms with Crippen LogP contribution < -0.4 is 15.0 Å². The van der Waals surface area contributed by atoms with Crippen LogP contribution in [0.2, 0.25) is 0 Å². The van der Waals surface area contributed by atoms with Crippen LogP contribution in [0.15, 0.2) is 23.1 Å². The maximum atomic E-state index is 12.1. The first kappa shape index (κ1) is 11.7. The molecule has 0 saturated carbocycles. The number of fused-ring (bicyclic) bond motifs is 1. The molecule has 2 aromatic rings. The van der Waals surface area contributed by atoms with Crippen molar-refractivity contribution in [3.05, 3.63) is 28.7 Å². The van der Waals surface area contributed by atoms with E-state index in [1.165, 1.54) is 14.2 Å². The highest BCUT2D eigenvalue weighted by molar-refractivity contribution is 6.15. The Labute approximate surface area is 103 Å². The smallest absolute Gasteiger partial charge is 0.279 e. The topological polar surface area (TPSA) is 53.4 Å². The van der Waals surface area contributed by atoms with Crippen molar-refractivity contribution in [3.63, 3.8) is 0 Å². The summed E-state index contributed by atoms with van der Waals surface area (Å²) < 4.78 is 11.5. The molecular weight excluding hydrogens is 244 g/mol. The van der Waals surface area contributed by atoms with Gasteiger partial charge in [-0.25, -0.2) is 4.68 Å². The average molecular weight is 255 g/mol. The number of alkyl halides is 1. The zero-order valence-electron chi connectivity index (χ0n) is 9.44. The second kappa shape index (κ2) is 4.63. The Bertz CT molecular complexity index is 604. The lowest BCUT2D eigenvalue weighted by Crippen LogP contribution is -2.21. The molecule has 0 aliphatic heterocycles. The Morgan fingerprint density at radius 3 is 2.71 bits per heavy atom. The average Bonchev–Trinajstić information content (AvgIpc) is 2.37. The number of aromatic nitrogens is 2. The molecule has 0 atom stereocenters. The van der Waals surface area contributed by atoms with Gasteiger partial charge in [-0.05, 0) is 12.1 Å². The third-order valence-electron chi connectivity index (χ3n) is 2.48. The Balaban J connectivity index is 2.90. The third kappa shape index (κ3) is 1.82. The first-order chi connectivity index (χ1) is 8.22. The highest BCUT2D eigenvalue weighted by Gasteiger charge is 2.13. The monoisotopic (exact) mass is 254 g/mol. The fraction of sp³-hybridized carbons (Fsp3) is 0.273. The summed E-state index contributed by atoms with van der Waals surface area (Å²) in [7, 11) is 3.01. The number of hydrogen-bond donors (Lipinski definition) is 0. The first-order valence-corrected chi connectivity index (χ1v) is 5.43. The van der Waals surface area contributed by atoms with E-state index in [-0.39, 0.29) is 11.6 Å². The van der Waals surface area contributed by atoms with E-state index in [9.17, 15) is 4.79 Å². The molecule has 0 saturated heterocycles. The van der Waals surface area contributed by atoms with Crippen LogP contribution in [-0.2, 0) is 6.00 Å². The lowest BCUT2D eigenvalue weighted by molar-refractivity contribution is 0.358. The van der Waals surface area contributed by atoms with Crippen LogP contribution in [0.5, 0.6) is 11.5 Å². The molecule has 0 bridgehead atoms. The molecule has 0 N–H and O–H groups in total. The lowest BCUT2D eigenvalue weighted by Gasteiger charge is -2.10. The van der Waals surface area contributed by atoms with Gasteiger partial charge >= 0.3 is 0 Å². The fourth-order valence-corrected chi connectivity index (χ4v) is 1.84. The molecule has 0 unspecified atom stereocenters. The molecule has 6 heteroatoms. The predicted molar refractivity (Wildman–Crippen MR) is 65.0 cm³/mol. The van der Waals surface area contributed by atoms with E-state index in [1.807, 2.05) is 0 Å². The van der Waals surface area contributed by atoms with Crippen molar-refractivity contribution in [2.45, 2.75) is 6.00 Å². The van der Waals surface area contributed by atoms with Gasteiger partial charge in [-0.15, -0.1) is 11.6 Å². The molecule has 17 heavy (non-hydrogen) atoms. The molecule has 0 fully saturated rings. The van der Waals surface area contributed by atoms with Gasteiger partial charge in [0.15, 0.2) is 11.5 Å². The summed E-state index contributed by atoms with van der Waals surface area (Å²) in [6.07, 6.45) is 1.57.